The molecule has 0 saturated carbocycles. The van der Waals surface area contributed by atoms with Gasteiger partial charge >= 0.3 is 5.97 Å². The van der Waals surface area contributed by atoms with Gasteiger partial charge in [0, 0.05) is 24.5 Å². The number of halogens is 1. The predicted octanol–water partition coefficient (Wildman–Crippen LogP) is 4.70. The molecule has 0 unspecified atom stereocenters. The average molecular weight is 425 g/mol. The van der Waals surface area contributed by atoms with Crippen molar-refractivity contribution < 1.29 is 14.5 Å². The summed E-state index contributed by atoms with van der Waals surface area (Å²) in [6.07, 6.45) is 1.65. The highest BCUT2D eigenvalue weighted by molar-refractivity contribution is 6.30. The van der Waals surface area contributed by atoms with Gasteiger partial charge in [0.2, 0.25) is 0 Å². The molecule has 0 saturated heterocycles. The fourth-order valence-corrected chi connectivity index (χ4v) is 3.15. The number of rotatable bonds is 7. The summed E-state index contributed by atoms with van der Waals surface area (Å²) in [5.74, 6) is -0.632. The fraction of sp³-hybridized carbons (Fsp3) is 0.143. The van der Waals surface area contributed by atoms with E-state index in [9.17, 15) is 20.2 Å². The number of nitro groups is 1. The normalized spacial score (nSPS) is 10.3. The van der Waals surface area contributed by atoms with Gasteiger partial charge in [0.1, 0.15) is 17.5 Å². The molecule has 0 bridgehead atoms. The second kappa shape index (κ2) is 9.11. The van der Waals surface area contributed by atoms with E-state index in [2.05, 4.69) is 11.4 Å². The number of nitriles is 1. The SMILES string of the molecule is CCOC(=O)c1cccc([N+](=O)[O-])c1NCc1ccc(-n2cc(Cl)cc2C#N)cc1. The third-order valence-electron chi connectivity index (χ3n) is 4.32. The first-order valence-electron chi connectivity index (χ1n) is 9.00. The zero-order chi connectivity index (χ0) is 21.7. The van der Waals surface area contributed by atoms with Crippen LogP contribution in [-0.2, 0) is 11.3 Å². The summed E-state index contributed by atoms with van der Waals surface area (Å²) in [4.78, 5) is 23.0. The van der Waals surface area contributed by atoms with Crippen LogP contribution in [0.5, 0.6) is 0 Å². The lowest BCUT2D eigenvalue weighted by Gasteiger charge is -2.12. The second-order valence-electron chi connectivity index (χ2n) is 6.22. The molecule has 0 aliphatic rings. The topological polar surface area (TPSA) is 110 Å². The Kier molecular flexibility index (Phi) is 6.35. The van der Waals surface area contributed by atoms with E-state index in [0.717, 1.165) is 11.3 Å². The van der Waals surface area contributed by atoms with Crippen molar-refractivity contribution in [2.75, 3.05) is 11.9 Å². The van der Waals surface area contributed by atoms with E-state index in [1.54, 1.807) is 35.9 Å². The first-order chi connectivity index (χ1) is 14.4. The molecule has 0 spiro atoms. The van der Waals surface area contributed by atoms with Crippen LogP contribution in [0, 0.1) is 21.4 Å². The predicted molar refractivity (Wildman–Crippen MR) is 112 cm³/mol. The van der Waals surface area contributed by atoms with Crippen molar-refractivity contribution in [2.45, 2.75) is 13.5 Å². The van der Waals surface area contributed by atoms with Gasteiger partial charge in [-0.3, -0.25) is 10.1 Å². The van der Waals surface area contributed by atoms with Crippen molar-refractivity contribution in [1.29, 1.82) is 5.26 Å². The molecule has 152 valence electrons. The first-order valence-corrected chi connectivity index (χ1v) is 9.38. The van der Waals surface area contributed by atoms with E-state index in [-0.39, 0.29) is 30.1 Å². The summed E-state index contributed by atoms with van der Waals surface area (Å²) in [5.41, 5.74) is 1.98. The maximum atomic E-state index is 12.2. The van der Waals surface area contributed by atoms with Gasteiger partial charge < -0.3 is 14.6 Å². The molecule has 8 nitrogen and oxygen atoms in total. The number of benzene rings is 2. The van der Waals surface area contributed by atoms with Crippen LogP contribution in [0.1, 0.15) is 28.5 Å². The zero-order valence-corrected chi connectivity index (χ0v) is 16.7. The minimum Gasteiger partial charge on any atom is -0.462 e. The molecular weight excluding hydrogens is 408 g/mol. The maximum absolute atomic E-state index is 12.2. The number of aromatic nitrogens is 1. The second-order valence-corrected chi connectivity index (χ2v) is 6.66. The van der Waals surface area contributed by atoms with Gasteiger partial charge in [-0.25, -0.2) is 4.79 Å². The van der Waals surface area contributed by atoms with E-state index in [1.807, 2.05) is 12.1 Å². The van der Waals surface area contributed by atoms with Crippen LogP contribution in [0.4, 0.5) is 11.4 Å². The van der Waals surface area contributed by atoms with Crippen LogP contribution in [-0.4, -0.2) is 22.1 Å². The minimum atomic E-state index is -0.632. The third kappa shape index (κ3) is 4.42. The van der Waals surface area contributed by atoms with Crippen LogP contribution in [0.25, 0.3) is 5.69 Å². The number of hydrogen-bond donors (Lipinski definition) is 1. The molecule has 3 aromatic rings. The first kappa shape index (κ1) is 20.9. The molecule has 1 heterocycles. The van der Waals surface area contributed by atoms with Crippen LogP contribution in [0.2, 0.25) is 5.02 Å². The van der Waals surface area contributed by atoms with Gasteiger partial charge in [-0.15, -0.1) is 0 Å². The van der Waals surface area contributed by atoms with E-state index in [4.69, 9.17) is 16.3 Å². The molecule has 0 aliphatic heterocycles. The molecule has 0 aliphatic carbocycles. The number of nitro benzene ring substituents is 1. The lowest BCUT2D eigenvalue weighted by atomic mass is 10.1. The molecule has 30 heavy (non-hydrogen) atoms. The average Bonchev–Trinajstić information content (AvgIpc) is 3.13. The largest absolute Gasteiger partial charge is 0.462 e. The number of nitrogens with one attached hydrogen (secondary N) is 1. The Labute approximate surface area is 177 Å². The van der Waals surface area contributed by atoms with Crippen molar-refractivity contribution in [1.82, 2.24) is 4.57 Å². The van der Waals surface area contributed by atoms with Crippen LogP contribution < -0.4 is 5.32 Å². The smallest absolute Gasteiger partial charge is 0.340 e. The van der Waals surface area contributed by atoms with E-state index in [1.165, 1.54) is 18.2 Å². The van der Waals surface area contributed by atoms with Crippen LogP contribution >= 0.6 is 11.6 Å². The zero-order valence-electron chi connectivity index (χ0n) is 16.0. The number of ether oxygens (including phenoxy) is 1. The summed E-state index contributed by atoms with van der Waals surface area (Å²) >= 11 is 5.97. The van der Waals surface area contributed by atoms with Crippen molar-refractivity contribution >= 4 is 28.9 Å². The van der Waals surface area contributed by atoms with Crippen molar-refractivity contribution in [3.05, 3.63) is 86.7 Å². The molecule has 9 heteroatoms. The summed E-state index contributed by atoms with van der Waals surface area (Å²) in [7, 11) is 0. The fourth-order valence-electron chi connectivity index (χ4n) is 2.95. The van der Waals surface area contributed by atoms with Gasteiger partial charge in [-0.05, 0) is 36.8 Å². The Morgan fingerprint density at radius 3 is 2.67 bits per heavy atom. The minimum absolute atomic E-state index is 0.100. The molecular formula is C21H17ClN4O4. The van der Waals surface area contributed by atoms with Gasteiger partial charge in [-0.2, -0.15) is 5.26 Å². The molecule has 0 fully saturated rings. The Hall–Kier alpha value is -3.83. The molecule has 1 aromatic heterocycles. The summed E-state index contributed by atoms with van der Waals surface area (Å²) < 4.78 is 6.67. The number of carbonyl (C=O) groups excluding carboxylic acids is 1. The quantitative estimate of drug-likeness (QED) is 0.334. The van der Waals surface area contributed by atoms with Crippen LogP contribution in [0.3, 0.4) is 0 Å². The van der Waals surface area contributed by atoms with E-state index >= 15 is 0 Å². The Morgan fingerprint density at radius 2 is 2.03 bits per heavy atom. The molecule has 2 aromatic carbocycles. The summed E-state index contributed by atoms with van der Waals surface area (Å²) in [6, 6.07) is 15.1. The van der Waals surface area contributed by atoms with Gasteiger partial charge in [0.05, 0.1) is 22.1 Å². The van der Waals surface area contributed by atoms with Gasteiger partial charge in [-0.1, -0.05) is 29.8 Å². The Morgan fingerprint density at radius 1 is 1.30 bits per heavy atom. The molecule has 3 rings (SSSR count). The lowest BCUT2D eigenvalue weighted by molar-refractivity contribution is -0.384. The third-order valence-corrected chi connectivity index (χ3v) is 4.53. The number of carbonyl (C=O) groups is 1. The van der Waals surface area contributed by atoms with Crippen molar-refractivity contribution in [3.8, 4) is 11.8 Å². The molecule has 0 atom stereocenters. The van der Waals surface area contributed by atoms with E-state index < -0.39 is 10.9 Å². The van der Waals surface area contributed by atoms with Crippen molar-refractivity contribution in [3.63, 3.8) is 0 Å². The number of nitrogens with zero attached hydrogens (tertiary/aromatic N) is 3. The molecule has 0 amide bonds. The van der Waals surface area contributed by atoms with Crippen LogP contribution in [0.15, 0.2) is 54.7 Å². The Bertz CT molecular complexity index is 1130. The highest BCUT2D eigenvalue weighted by Crippen LogP contribution is 2.29. The number of para-hydroxylation sites is 1. The van der Waals surface area contributed by atoms with E-state index in [0.29, 0.717) is 10.7 Å². The van der Waals surface area contributed by atoms with Gasteiger partial charge in [0.15, 0.2) is 0 Å². The summed E-state index contributed by atoms with van der Waals surface area (Å²) in [6.45, 7) is 2.07. The Balaban J connectivity index is 1.84. The number of anilines is 1. The number of hydrogen-bond acceptors (Lipinski definition) is 6. The highest BCUT2D eigenvalue weighted by atomic mass is 35.5. The van der Waals surface area contributed by atoms with Crippen molar-refractivity contribution in [2.24, 2.45) is 0 Å². The molecule has 0 radical (unpaired) electrons. The monoisotopic (exact) mass is 424 g/mol. The highest BCUT2D eigenvalue weighted by Gasteiger charge is 2.22. The standard InChI is InChI=1S/C21H17ClN4O4/c1-2-30-21(27)18-4-3-5-19(26(28)29)20(18)24-12-14-6-8-16(9-7-14)25-13-15(22)10-17(25)11-23/h3-10,13,24H,2,12H2,1H3. The molecule has 1 N–H and O–H groups in total. The summed E-state index contributed by atoms with van der Waals surface area (Å²) in [5, 5.41) is 24.0. The van der Waals surface area contributed by atoms with Gasteiger partial charge in [0.25, 0.3) is 5.69 Å². The lowest BCUT2D eigenvalue weighted by Crippen LogP contribution is -2.11. The number of esters is 1. The maximum Gasteiger partial charge on any atom is 0.340 e.